The van der Waals surface area contributed by atoms with Crippen LogP contribution in [0.5, 0.6) is 0 Å². The van der Waals surface area contributed by atoms with Crippen molar-refractivity contribution in [1.82, 2.24) is 10.2 Å². The summed E-state index contributed by atoms with van der Waals surface area (Å²) in [5.74, 6) is 0.0350. The van der Waals surface area contributed by atoms with E-state index in [2.05, 4.69) is 15.5 Å². The molecule has 3 aliphatic rings. The third-order valence-corrected chi connectivity index (χ3v) is 7.12. The molecule has 1 amide bonds. The van der Waals surface area contributed by atoms with E-state index in [9.17, 15) is 19.4 Å². The predicted molar refractivity (Wildman–Crippen MR) is 137 cm³/mol. The average molecular weight is 494 g/mol. The highest BCUT2D eigenvalue weighted by Crippen LogP contribution is 2.45. The summed E-state index contributed by atoms with van der Waals surface area (Å²) in [6.45, 7) is 6.93. The van der Waals surface area contributed by atoms with Crippen LogP contribution < -0.4 is 10.6 Å². The second kappa shape index (κ2) is 9.69. The molecular weight excluding hydrogens is 461 g/mol. The lowest BCUT2D eigenvalue weighted by Gasteiger charge is -2.29. The largest absolute Gasteiger partial charge is 0.483 e. The fraction of sp³-hybridized carbons (Fsp3) is 0.393. The zero-order valence-electron chi connectivity index (χ0n) is 20.6. The van der Waals surface area contributed by atoms with Crippen molar-refractivity contribution >= 4 is 22.7 Å². The van der Waals surface area contributed by atoms with Gasteiger partial charge in [0.15, 0.2) is 6.23 Å². The van der Waals surface area contributed by atoms with Crippen molar-refractivity contribution in [3.63, 3.8) is 0 Å². The Bertz CT molecular complexity index is 1210. The van der Waals surface area contributed by atoms with Crippen LogP contribution in [0.25, 0.3) is 11.1 Å². The van der Waals surface area contributed by atoms with E-state index in [-0.39, 0.29) is 17.8 Å². The van der Waals surface area contributed by atoms with Crippen molar-refractivity contribution in [3.8, 4) is 0 Å². The van der Waals surface area contributed by atoms with Gasteiger partial charge in [-0.3, -0.25) is 4.79 Å². The fourth-order valence-corrected chi connectivity index (χ4v) is 5.11. The van der Waals surface area contributed by atoms with Crippen molar-refractivity contribution in [1.29, 1.82) is 0 Å². The van der Waals surface area contributed by atoms with Crippen molar-refractivity contribution in [3.05, 3.63) is 76.8 Å². The molecule has 1 fully saturated rings. The standard InChI is InChI=1S/C28H32FN3O4/c1-28(2)22(16-24(36-28)25-21-8-7-19(29)15-23(21)31-27(25)35)17-3-5-18(6-4-17)26(34)30-11-14-32-12-9-20(33)10-13-32/h3-8,15-16,20,27,31,33,35H,9-14H2,1-2H3,(H,30,34)/b25-24+. The monoisotopic (exact) mass is 493 g/mol. The summed E-state index contributed by atoms with van der Waals surface area (Å²) in [5.41, 5.74) is 3.58. The first-order chi connectivity index (χ1) is 17.2. The van der Waals surface area contributed by atoms with Gasteiger partial charge in [0, 0.05) is 48.6 Å². The summed E-state index contributed by atoms with van der Waals surface area (Å²) in [7, 11) is 0. The van der Waals surface area contributed by atoms with Gasteiger partial charge >= 0.3 is 0 Å². The van der Waals surface area contributed by atoms with Crippen LogP contribution >= 0.6 is 0 Å². The molecule has 4 N–H and O–H groups in total. The molecule has 0 aromatic heterocycles. The molecule has 8 heteroatoms. The van der Waals surface area contributed by atoms with Gasteiger partial charge in [-0.25, -0.2) is 4.39 Å². The molecule has 0 spiro atoms. The number of halogens is 1. The van der Waals surface area contributed by atoms with Crippen LogP contribution in [-0.4, -0.2) is 65.1 Å². The second-order valence-corrected chi connectivity index (χ2v) is 10.1. The molecule has 0 bridgehead atoms. The first-order valence-electron chi connectivity index (χ1n) is 12.4. The van der Waals surface area contributed by atoms with Crippen LogP contribution in [0.4, 0.5) is 10.1 Å². The minimum absolute atomic E-state index is 0.124. The first kappa shape index (κ1) is 24.5. The number of aliphatic hydroxyl groups is 2. The van der Waals surface area contributed by atoms with Crippen LogP contribution in [0.2, 0.25) is 0 Å². The third kappa shape index (κ3) is 4.89. The molecule has 1 unspecified atom stereocenters. The number of hydrogen-bond acceptors (Lipinski definition) is 6. The van der Waals surface area contributed by atoms with Crippen LogP contribution in [0.1, 0.15) is 48.2 Å². The number of anilines is 1. The van der Waals surface area contributed by atoms with E-state index in [0.717, 1.165) is 43.6 Å². The quantitative estimate of drug-likeness (QED) is 0.511. The van der Waals surface area contributed by atoms with E-state index in [4.69, 9.17) is 4.74 Å². The number of carbonyl (C=O) groups is 1. The van der Waals surface area contributed by atoms with Gasteiger partial charge in [-0.15, -0.1) is 0 Å². The number of rotatable bonds is 5. The zero-order chi connectivity index (χ0) is 25.4. The second-order valence-electron chi connectivity index (χ2n) is 10.1. The van der Waals surface area contributed by atoms with Gasteiger partial charge in [0.25, 0.3) is 5.91 Å². The summed E-state index contributed by atoms with van der Waals surface area (Å²) in [5, 5.41) is 26.1. The molecule has 7 nitrogen and oxygen atoms in total. The lowest BCUT2D eigenvalue weighted by atomic mass is 9.91. The zero-order valence-corrected chi connectivity index (χ0v) is 20.6. The van der Waals surface area contributed by atoms with Gasteiger partial charge in [0.2, 0.25) is 0 Å². The third-order valence-electron chi connectivity index (χ3n) is 7.12. The van der Waals surface area contributed by atoms with E-state index >= 15 is 0 Å². The van der Waals surface area contributed by atoms with Crippen LogP contribution in [-0.2, 0) is 4.74 Å². The van der Waals surface area contributed by atoms with Crippen LogP contribution in [0.15, 0.2) is 54.3 Å². The van der Waals surface area contributed by atoms with Crippen LogP contribution in [0, 0.1) is 5.82 Å². The van der Waals surface area contributed by atoms with E-state index in [0.29, 0.717) is 34.7 Å². The molecule has 0 radical (unpaired) electrons. The van der Waals surface area contributed by atoms with E-state index in [1.807, 2.05) is 32.1 Å². The lowest BCUT2D eigenvalue weighted by molar-refractivity contribution is 0.0804. The van der Waals surface area contributed by atoms with Crippen molar-refractivity contribution < 1.29 is 24.1 Å². The highest BCUT2D eigenvalue weighted by atomic mass is 19.1. The molecular formula is C28H32FN3O4. The molecule has 1 saturated heterocycles. The van der Waals surface area contributed by atoms with E-state index < -0.39 is 11.8 Å². The maximum Gasteiger partial charge on any atom is 0.251 e. The Morgan fingerprint density at radius 3 is 2.61 bits per heavy atom. The molecule has 190 valence electrons. The van der Waals surface area contributed by atoms with E-state index in [1.165, 1.54) is 12.1 Å². The highest BCUT2D eigenvalue weighted by Gasteiger charge is 2.38. The van der Waals surface area contributed by atoms with E-state index in [1.54, 1.807) is 18.2 Å². The number of likely N-dealkylation sites (tertiary alicyclic amines) is 1. The number of ether oxygens (including phenoxy) is 1. The maximum absolute atomic E-state index is 13.6. The molecule has 3 aliphatic heterocycles. The molecule has 2 aromatic carbocycles. The number of allylic oxidation sites excluding steroid dienone is 1. The number of piperidine rings is 1. The summed E-state index contributed by atoms with van der Waals surface area (Å²) in [4.78, 5) is 14.9. The average Bonchev–Trinajstić information content (AvgIpc) is 3.34. The number of nitrogens with zero attached hydrogens (tertiary/aromatic N) is 1. The number of amides is 1. The summed E-state index contributed by atoms with van der Waals surface area (Å²) < 4.78 is 19.9. The Morgan fingerprint density at radius 1 is 1.17 bits per heavy atom. The molecule has 36 heavy (non-hydrogen) atoms. The molecule has 0 saturated carbocycles. The van der Waals surface area contributed by atoms with Gasteiger partial charge in [-0.2, -0.15) is 0 Å². The maximum atomic E-state index is 13.6. The first-order valence-corrected chi connectivity index (χ1v) is 12.4. The Hall–Kier alpha value is -3.20. The molecule has 2 aromatic rings. The lowest BCUT2D eigenvalue weighted by Crippen LogP contribution is -2.40. The van der Waals surface area contributed by atoms with Crippen molar-refractivity contribution in [2.24, 2.45) is 0 Å². The van der Waals surface area contributed by atoms with Gasteiger partial charge in [-0.1, -0.05) is 12.1 Å². The fourth-order valence-electron chi connectivity index (χ4n) is 5.11. The number of carbonyl (C=O) groups excluding carboxylic acids is 1. The Morgan fingerprint density at radius 2 is 1.89 bits per heavy atom. The number of hydrogen-bond donors (Lipinski definition) is 4. The van der Waals surface area contributed by atoms with Crippen LogP contribution in [0.3, 0.4) is 0 Å². The van der Waals surface area contributed by atoms with Gasteiger partial charge < -0.3 is 30.5 Å². The molecule has 1 atom stereocenters. The topological polar surface area (TPSA) is 94.1 Å². The predicted octanol–water partition coefficient (Wildman–Crippen LogP) is 3.36. The Labute approximate surface area is 210 Å². The Balaban J connectivity index is 1.29. The molecule has 0 aliphatic carbocycles. The number of nitrogens with one attached hydrogen (secondary N) is 2. The number of benzene rings is 2. The van der Waals surface area contributed by atoms with Gasteiger partial charge in [0.05, 0.1) is 11.7 Å². The molecule has 3 heterocycles. The highest BCUT2D eigenvalue weighted by molar-refractivity contribution is 5.95. The normalized spacial score (nSPS) is 23.6. The summed E-state index contributed by atoms with van der Waals surface area (Å²) in [6, 6.07) is 11.8. The minimum Gasteiger partial charge on any atom is -0.483 e. The smallest absolute Gasteiger partial charge is 0.251 e. The number of aliphatic hydroxyl groups excluding tert-OH is 2. The van der Waals surface area contributed by atoms with Gasteiger partial charge in [-0.05, 0) is 68.7 Å². The van der Waals surface area contributed by atoms with Gasteiger partial charge in [0.1, 0.15) is 17.2 Å². The molecule has 5 rings (SSSR count). The summed E-state index contributed by atoms with van der Waals surface area (Å²) >= 11 is 0. The number of fused-ring (bicyclic) bond motifs is 1. The summed E-state index contributed by atoms with van der Waals surface area (Å²) in [6.07, 6.45) is 2.27. The Kier molecular flexibility index (Phi) is 6.59. The van der Waals surface area contributed by atoms with Crippen molar-refractivity contribution in [2.75, 3.05) is 31.5 Å². The minimum atomic E-state index is -0.996. The SMILES string of the molecule is CC1(C)O/C(=C2\c3ccc(F)cc3NC2O)C=C1c1ccc(C(=O)NCCN2CCC(O)CC2)cc1. The van der Waals surface area contributed by atoms with Crippen molar-refractivity contribution in [2.45, 2.75) is 44.6 Å².